The molecule has 0 unspecified atom stereocenters. The maximum Gasteiger partial charge on any atom is 0.222 e. The molecule has 1 aromatic heterocycles. The molecule has 2 heterocycles. The predicted octanol–water partition coefficient (Wildman–Crippen LogP) is 3.67. The summed E-state index contributed by atoms with van der Waals surface area (Å²) in [4.78, 5) is 18.7. The molecule has 4 heteroatoms. The lowest BCUT2D eigenvalue weighted by Gasteiger charge is -2.14. The van der Waals surface area contributed by atoms with Gasteiger partial charge in [0.2, 0.25) is 5.91 Å². The lowest BCUT2D eigenvalue weighted by atomic mass is 10.1. The summed E-state index contributed by atoms with van der Waals surface area (Å²) in [5.74, 6) is 0.276. The SMILES string of the molecule is Cc1ccccc1-c1nc(CCC(=O)N2CCCC2)cs1. The van der Waals surface area contributed by atoms with E-state index >= 15 is 0 Å². The van der Waals surface area contributed by atoms with Crippen LogP contribution in [0, 0.1) is 6.92 Å². The number of thiazole rings is 1. The van der Waals surface area contributed by atoms with Gasteiger partial charge in [-0.15, -0.1) is 11.3 Å². The highest BCUT2D eigenvalue weighted by Crippen LogP contribution is 2.27. The molecule has 3 nitrogen and oxygen atoms in total. The van der Waals surface area contributed by atoms with Gasteiger partial charge in [-0.2, -0.15) is 0 Å². The van der Waals surface area contributed by atoms with Crippen molar-refractivity contribution in [1.29, 1.82) is 0 Å². The second-order valence-corrected chi connectivity index (χ2v) is 6.40. The highest BCUT2D eigenvalue weighted by molar-refractivity contribution is 7.13. The van der Waals surface area contributed by atoms with E-state index in [1.807, 2.05) is 17.0 Å². The summed E-state index contributed by atoms with van der Waals surface area (Å²) in [5.41, 5.74) is 3.47. The van der Waals surface area contributed by atoms with E-state index < -0.39 is 0 Å². The number of benzene rings is 1. The lowest BCUT2D eigenvalue weighted by molar-refractivity contribution is -0.130. The Kier molecular flexibility index (Phi) is 4.34. The van der Waals surface area contributed by atoms with Crippen LogP contribution in [0.4, 0.5) is 0 Å². The van der Waals surface area contributed by atoms with Crippen LogP contribution >= 0.6 is 11.3 Å². The molecule has 0 atom stereocenters. The second kappa shape index (κ2) is 6.39. The number of aryl methyl sites for hydroxylation is 2. The molecule has 21 heavy (non-hydrogen) atoms. The van der Waals surface area contributed by atoms with Crippen LogP contribution < -0.4 is 0 Å². The molecule has 2 aromatic rings. The molecule has 0 saturated carbocycles. The Morgan fingerprint density at radius 2 is 2.05 bits per heavy atom. The summed E-state index contributed by atoms with van der Waals surface area (Å²) in [5, 5.41) is 3.13. The Labute approximate surface area is 129 Å². The highest BCUT2D eigenvalue weighted by Gasteiger charge is 2.18. The topological polar surface area (TPSA) is 33.2 Å². The number of likely N-dealkylation sites (tertiary alicyclic amines) is 1. The zero-order valence-electron chi connectivity index (χ0n) is 12.3. The highest BCUT2D eigenvalue weighted by atomic mass is 32.1. The normalized spacial score (nSPS) is 14.6. The van der Waals surface area contributed by atoms with Crippen LogP contribution in [0.5, 0.6) is 0 Å². The first kappa shape index (κ1) is 14.3. The van der Waals surface area contributed by atoms with Crippen molar-refractivity contribution in [2.24, 2.45) is 0 Å². The number of rotatable bonds is 4. The minimum absolute atomic E-state index is 0.276. The second-order valence-electron chi connectivity index (χ2n) is 5.55. The molecule has 0 spiro atoms. The molecule has 1 saturated heterocycles. The average molecular weight is 300 g/mol. The molecule has 0 bridgehead atoms. The number of carbonyl (C=O) groups is 1. The van der Waals surface area contributed by atoms with Crippen molar-refractivity contribution in [3.8, 4) is 10.6 Å². The van der Waals surface area contributed by atoms with E-state index in [-0.39, 0.29) is 5.91 Å². The van der Waals surface area contributed by atoms with E-state index in [1.54, 1.807) is 11.3 Å². The van der Waals surface area contributed by atoms with Crippen LogP contribution in [0.2, 0.25) is 0 Å². The first-order valence-electron chi connectivity index (χ1n) is 7.52. The van der Waals surface area contributed by atoms with Gasteiger partial charge in [-0.25, -0.2) is 4.98 Å². The third-order valence-corrected chi connectivity index (χ3v) is 4.91. The van der Waals surface area contributed by atoms with Gasteiger partial charge in [0.15, 0.2) is 0 Å². The standard InChI is InChI=1S/C17H20N2OS/c1-13-6-2-3-7-15(13)17-18-14(12-21-17)8-9-16(20)19-10-4-5-11-19/h2-3,6-7,12H,4-5,8-11H2,1H3. The number of hydrogen-bond donors (Lipinski definition) is 0. The Morgan fingerprint density at radius 1 is 1.29 bits per heavy atom. The molecule has 1 aliphatic rings. The van der Waals surface area contributed by atoms with Gasteiger partial charge < -0.3 is 4.90 Å². The number of aromatic nitrogens is 1. The van der Waals surface area contributed by atoms with Crippen molar-refractivity contribution in [3.63, 3.8) is 0 Å². The van der Waals surface area contributed by atoms with Crippen molar-refractivity contribution in [2.45, 2.75) is 32.6 Å². The van der Waals surface area contributed by atoms with Crippen LogP contribution in [0.15, 0.2) is 29.6 Å². The van der Waals surface area contributed by atoms with Crippen molar-refractivity contribution < 1.29 is 4.79 Å². The summed E-state index contributed by atoms with van der Waals surface area (Å²) < 4.78 is 0. The zero-order chi connectivity index (χ0) is 14.7. The van der Waals surface area contributed by atoms with Crippen molar-refractivity contribution >= 4 is 17.2 Å². The molecule has 1 aromatic carbocycles. The van der Waals surface area contributed by atoms with Crippen molar-refractivity contribution in [1.82, 2.24) is 9.88 Å². The molecule has 1 aliphatic heterocycles. The van der Waals surface area contributed by atoms with E-state index in [9.17, 15) is 4.79 Å². The molecular formula is C17H20N2OS. The van der Waals surface area contributed by atoms with E-state index in [1.165, 1.54) is 11.1 Å². The zero-order valence-corrected chi connectivity index (χ0v) is 13.2. The van der Waals surface area contributed by atoms with E-state index in [2.05, 4.69) is 29.4 Å². The largest absolute Gasteiger partial charge is 0.343 e. The van der Waals surface area contributed by atoms with Crippen LogP contribution in [-0.4, -0.2) is 28.9 Å². The quantitative estimate of drug-likeness (QED) is 0.863. The summed E-state index contributed by atoms with van der Waals surface area (Å²) >= 11 is 1.66. The third kappa shape index (κ3) is 3.32. The average Bonchev–Trinajstić information content (AvgIpc) is 3.17. The Morgan fingerprint density at radius 3 is 2.81 bits per heavy atom. The molecule has 0 N–H and O–H groups in total. The maximum absolute atomic E-state index is 12.1. The van der Waals surface area contributed by atoms with Crippen LogP contribution in [-0.2, 0) is 11.2 Å². The van der Waals surface area contributed by atoms with Gasteiger partial charge >= 0.3 is 0 Å². The van der Waals surface area contributed by atoms with Crippen LogP contribution in [0.25, 0.3) is 10.6 Å². The Bertz CT molecular complexity index is 629. The van der Waals surface area contributed by atoms with E-state index in [0.29, 0.717) is 6.42 Å². The molecule has 1 amide bonds. The molecule has 0 radical (unpaired) electrons. The summed E-state index contributed by atoms with van der Waals surface area (Å²) in [7, 11) is 0. The number of amides is 1. The smallest absolute Gasteiger partial charge is 0.222 e. The van der Waals surface area contributed by atoms with Gasteiger partial charge in [0.1, 0.15) is 5.01 Å². The van der Waals surface area contributed by atoms with Gasteiger partial charge in [-0.3, -0.25) is 4.79 Å². The first-order chi connectivity index (χ1) is 10.2. The molecule has 0 aliphatic carbocycles. The summed E-state index contributed by atoms with van der Waals surface area (Å²) in [6.07, 6.45) is 3.63. The first-order valence-corrected chi connectivity index (χ1v) is 8.40. The van der Waals surface area contributed by atoms with Gasteiger partial charge in [-0.1, -0.05) is 24.3 Å². The molecular weight excluding hydrogens is 280 g/mol. The number of hydrogen-bond acceptors (Lipinski definition) is 3. The summed E-state index contributed by atoms with van der Waals surface area (Å²) in [6.45, 7) is 3.97. The molecule has 110 valence electrons. The fraction of sp³-hybridized carbons (Fsp3) is 0.412. The fourth-order valence-electron chi connectivity index (χ4n) is 2.72. The molecule has 3 rings (SSSR count). The predicted molar refractivity (Wildman–Crippen MR) is 86.4 cm³/mol. The minimum Gasteiger partial charge on any atom is -0.343 e. The van der Waals surface area contributed by atoms with Crippen molar-refractivity contribution in [3.05, 3.63) is 40.9 Å². The fourth-order valence-corrected chi connectivity index (χ4v) is 3.66. The number of carbonyl (C=O) groups excluding carboxylic acids is 1. The van der Waals surface area contributed by atoms with E-state index in [4.69, 9.17) is 0 Å². The number of nitrogens with zero attached hydrogens (tertiary/aromatic N) is 2. The van der Waals surface area contributed by atoms with Gasteiger partial charge in [-0.05, 0) is 31.7 Å². The lowest BCUT2D eigenvalue weighted by Crippen LogP contribution is -2.27. The minimum atomic E-state index is 0.276. The van der Waals surface area contributed by atoms with Crippen LogP contribution in [0.3, 0.4) is 0 Å². The summed E-state index contributed by atoms with van der Waals surface area (Å²) in [6, 6.07) is 8.29. The van der Waals surface area contributed by atoms with E-state index in [0.717, 1.165) is 43.1 Å². The Balaban J connectivity index is 1.63. The van der Waals surface area contributed by atoms with Gasteiger partial charge in [0, 0.05) is 30.5 Å². The monoisotopic (exact) mass is 300 g/mol. The van der Waals surface area contributed by atoms with Gasteiger partial charge in [0.05, 0.1) is 5.69 Å². The third-order valence-electron chi connectivity index (χ3n) is 3.98. The Hall–Kier alpha value is -1.68. The molecule has 1 fully saturated rings. The van der Waals surface area contributed by atoms with Gasteiger partial charge in [0.25, 0.3) is 0 Å². The van der Waals surface area contributed by atoms with Crippen LogP contribution in [0.1, 0.15) is 30.5 Å². The maximum atomic E-state index is 12.1. The van der Waals surface area contributed by atoms with Crippen molar-refractivity contribution in [2.75, 3.05) is 13.1 Å².